The van der Waals surface area contributed by atoms with Crippen LogP contribution in [0, 0.1) is 0 Å². The van der Waals surface area contributed by atoms with Gasteiger partial charge in [0.15, 0.2) is 0 Å². The minimum Gasteiger partial charge on any atom is -0.480 e. The lowest BCUT2D eigenvalue weighted by molar-refractivity contribution is -0.139. The molecule has 0 unspecified atom stereocenters. The highest BCUT2D eigenvalue weighted by molar-refractivity contribution is 5.83. The zero-order valence-electron chi connectivity index (χ0n) is 11.5. The Morgan fingerprint density at radius 1 is 1.05 bits per heavy atom. The van der Waals surface area contributed by atoms with Gasteiger partial charge in [-0.3, -0.25) is 4.79 Å². The molecule has 7 nitrogen and oxygen atoms in total. The number of urea groups is 1. The van der Waals surface area contributed by atoms with Crippen LogP contribution in [0.3, 0.4) is 0 Å². The molecular formula is C12H23N3O4. The van der Waals surface area contributed by atoms with Crippen molar-refractivity contribution in [3.05, 3.63) is 0 Å². The molecule has 3 amide bonds. The molecule has 0 spiro atoms. The molecule has 110 valence electrons. The Morgan fingerprint density at radius 3 is 2.26 bits per heavy atom. The summed E-state index contributed by atoms with van der Waals surface area (Å²) in [6.07, 6.45) is 2.08. The van der Waals surface area contributed by atoms with Gasteiger partial charge in [0.2, 0.25) is 5.91 Å². The fourth-order valence-corrected chi connectivity index (χ4v) is 1.40. The molecule has 0 aliphatic heterocycles. The van der Waals surface area contributed by atoms with E-state index in [0.29, 0.717) is 19.4 Å². The van der Waals surface area contributed by atoms with Gasteiger partial charge in [-0.1, -0.05) is 20.3 Å². The summed E-state index contributed by atoms with van der Waals surface area (Å²) in [4.78, 5) is 33.5. The molecule has 0 rings (SSSR count). The average Bonchev–Trinajstić information content (AvgIpc) is 2.35. The van der Waals surface area contributed by atoms with E-state index in [1.807, 2.05) is 13.8 Å². The van der Waals surface area contributed by atoms with Crippen molar-refractivity contribution in [2.45, 2.75) is 45.6 Å². The Labute approximate surface area is 113 Å². The first-order chi connectivity index (χ1) is 9.01. The van der Waals surface area contributed by atoms with E-state index in [4.69, 9.17) is 5.11 Å². The SMILES string of the molecule is CCCNC(=O)CCNC(=O)N[C@@H](CCC)C(=O)O. The fourth-order valence-electron chi connectivity index (χ4n) is 1.40. The van der Waals surface area contributed by atoms with E-state index in [1.54, 1.807) is 0 Å². The quantitative estimate of drug-likeness (QED) is 0.489. The topological polar surface area (TPSA) is 108 Å². The molecule has 0 aromatic carbocycles. The highest BCUT2D eigenvalue weighted by atomic mass is 16.4. The Bertz CT molecular complexity index is 307. The van der Waals surface area contributed by atoms with Gasteiger partial charge in [-0.15, -0.1) is 0 Å². The summed E-state index contributed by atoms with van der Waals surface area (Å²) in [5.74, 6) is -1.19. The second-order valence-corrected chi connectivity index (χ2v) is 4.18. The second kappa shape index (κ2) is 10.2. The lowest BCUT2D eigenvalue weighted by Gasteiger charge is -2.14. The molecule has 0 bridgehead atoms. The third-order valence-corrected chi connectivity index (χ3v) is 2.39. The zero-order valence-corrected chi connectivity index (χ0v) is 11.5. The van der Waals surface area contributed by atoms with Crippen LogP contribution in [0.5, 0.6) is 0 Å². The number of amides is 3. The normalized spacial score (nSPS) is 11.5. The standard InChI is InChI=1S/C12H23N3O4/c1-3-5-9(11(17)18)15-12(19)14-8-6-10(16)13-7-4-2/h9H,3-8H2,1-2H3,(H,13,16)(H,17,18)(H2,14,15,19)/t9-/m0/s1. The molecular weight excluding hydrogens is 250 g/mol. The summed E-state index contributed by atoms with van der Waals surface area (Å²) >= 11 is 0. The van der Waals surface area contributed by atoms with E-state index in [2.05, 4.69) is 16.0 Å². The number of hydrogen-bond donors (Lipinski definition) is 4. The van der Waals surface area contributed by atoms with E-state index >= 15 is 0 Å². The van der Waals surface area contributed by atoms with Crippen LogP contribution < -0.4 is 16.0 Å². The third-order valence-electron chi connectivity index (χ3n) is 2.39. The summed E-state index contributed by atoms with van der Waals surface area (Å²) in [6.45, 7) is 4.59. The average molecular weight is 273 g/mol. The van der Waals surface area contributed by atoms with Gasteiger partial charge in [0.1, 0.15) is 6.04 Å². The van der Waals surface area contributed by atoms with Crippen LogP contribution >= 0.6 is 0 Å². The number of carbonyl (C=O) groups excluding carboxylic acids is 2. The van der Waals surface area contributed by atoms with Crippen LogP contribution in [-0.4, -0.2) is 42.1 Å². The summed E-state index contributed by atoms with van der Waals surface area (Å²) in [5, 5.41) is 16.4. The van der Waals surface area contributed by atoms with Crippen molar-refractivity contribution in [1.82, 2.24) is 16.0 Å². The minimum absolute atomic E-state index is 0.134. The number of nitrogens with one attached hydrogen (secondary N) is 3. The first kappa shape index (κ1) is 17.2. The Balaban J connectivity index is 3.85. The van der Waals surface area contributed by atoms with E-state index in [-0.39, 0.29) is 18.9 Å². The van der Waals surface area contributed by atoms with Gasteiger partial charge in [-0.2, -0.15) is 0 Å². The van der Waals surface area contributed by atoms with E-state index in [0.717, 1.165) is 6.42 Å². The van der Waals surface area contributed by atoms with Crippen molar-refractivity contribution in [1.29, 1.82) is 0 Å². The van der Waals surface area contributed by atoms with Gasteiger partial charge in [0.05, 0.1) is 0 Å². The van der Waals surface area contributed by atoms with Crippen molar-refractivity contribution < 1.29 is 19.5 Å². The molecule has 0 aromatic heterocycles. The van der Waals surface area contributed by atoms with Crippen LogP contribution in [0.25, 0.3) is 0 Å². The van der Waals surface area contributed by atoms with Crippen LogP contribution in [0.1, 0.15) is 39.5 Å². The maximum Gasteiger partial charge on any atom is 0.326 e. The molecule has 0 aromatic rings. The molecule has 19 heavy (non-hydrogen) atoms. The van der Waals surface area contributed by atoms with Crippen molar-refractivity contribution >= 4 is 17.9 Å². The van der Waals surface area contributed by atoms with Crippen LogP contribution in [0.15, 0.2) is 0 Å². The van der Waals surface area contributed by atoms with E-state index < -0.39 is 18.0 Å². The molecule has 0 heterocycles. The Morgan fingerprint density at radius 2 is 1.74 bits per heavy atom. The van der Waals surface area contributed by atoms with Crippen molar-refractivity contribution in [2.24, 2.45) is 0 Å². The predicted octanol–water partition coefficient (Wildman–Crippen LogP) is 0.455. The molecule has 0 saturated heterocycles. The monoisotopic (exact) mass is 273 g/mol. The molecule has 0 saturated carbocycles. The Kier molecular flexibility index (Phi) is 9.20. The molecule has 4 N–H and O–H groups in total. The van der Waals surface area contributed by atoms with E-state index in [9.17, 15) is 14.4 Å². The minimum atomic E-state index is -1.06. The number of carboxylic acid groups (broad SMARTS) is 1. The number of carboxylic acids is 1. The summed E-state index contributed by atoms with van der Waals surface area (Å²) in [6, 6.07) is -1.46. The molecule has 1 atom stereocenters. The molecule has 0 aliphatic rings. The predicted molar refractivity (Wildman–Crippen MR) is 70.8 cm³/mol. The highest BCUT2D eigenvalue weighted by Gasteiger charge is 2.18. The first-order valence-electron chi connectivity index (χ1n) is 6.55. The molecule has 0 aliphatic carbocycles. The summed E-state index contributed by atoms with van der Waals surface area (Å²) in [7, 11) is 0. The first-order valence-corrected chi connectivity index (χ1v) is 6.55. The highest BCUT2D eigenvalue weighted by Crippen LogP contribution is 1.96. The third kappa shape index (κ3) is 8.87. The van der Waals surface area contributed by atoms with Crippen molar-refractivity contribution in [3.8, 4) is 0 Å². The largest absolute Gasteiger partial charge is 0.480 e. The lowest BCUT2D eigenvalue weighted by atomic mass is 10.2. The molecule has 7 heteroatoms. The lowest BCUT2D eigenvalue weighted by Crippen LogP contribution is -2.46. The number of aliphatic carboxylic acids is 1. The van der Waals surface area contributed by atoms with Crippen LogP contribution in [0.2, 0.25) is 0 Å². The fraction of sp³-hybridized carbons (Fsp3) is 0.750. The van der Waals surface area contributed by atoms with Gasteiger partial charge in [-0.25, -0.2) is 9.59 Å². The smallest absolute Gasteiger partial charge is 0.326 e. The number of carbonyl (C=O) groups is 3. The maximum absolute atomic E-state index is 11.4. The van der Waals surface area contributed by atoms with Gasteiger partial charge in [-0.05, 0) is 12.8 Å². The Hall–Kier alpha value is -1.79. The zero-order chi connectivity index (χ0) is 14.7. The van der Waals surface area contributed by atoms with Gasteiger partial charge in [0, 0.05) is 19.5 Å². The number of rotatable bonds is 9. The summed E-state index contributed by atoms with van der Waals surface area (Å²) < 4.78 is 0. The van der Waals surface area contributed by atoms with Gasteiger partial charge in [0.25, 0.3) is 0 Å². The van der Waals surface area contributed by atoms with Crippen molar-refractivity contribution in [2.75, 3.05) is 13.1 Å². The molecule has 0 fully saturated rings. The maximum atomic E-state index is 11.4. The van der Waals surface area contributed by atoms with Crippen LogP contribution in [-0.2, 0) is 9.59 Å². The van der Waals surface area contributed by atoms with Gasteiger partial charge >= 0.3 is 12.0 Å². The second-order valence-electron chi connectivity index (χ2n) is 4.18. The number of hydrogen-bond acceptors (Lipinski definition) is 3. The van der Waals surface area contributed by atoms with Crippen LogP contribution in [0.4, 0.5) is 4.79 Å². The van der Waals surface area contributed by atoms with E-state index in [1.165, 1.54) is 0 Å². The van der Waals surface area contributed by atoms with Gasteiger partial charge < -0.3 is 21.1 Å². The molecule has 0 radical (unpaired) electrons. The summed E-state index contributed by atoms with van der Waals surface area (Å²) in [5.41, 5.74) is 0. The van der Waals surface area contributed by atoms with Crippen molar-refractivity contribution in [3.63, 3.8) is 0 Å².